The molecule has 0 saturated carbocycles. The van der Waals surface area contributed by atoms with Crippen LogP contribution in [0.4, 0.5) is 8.78 Å². The number of halogens is 2. The summed E-state index contributed by atoms with van der Waals surface area (Å²) < 4.78 is 52.6. The summed E-state index contributed by atoms with van der Waals surface area (Å²) in [5.74, 6) is -1.44. The van der Waals surface area contributed by atoms with Crippen molar-refractivity contribution >= 4 is 27.4 Å². The lowest BCUT2D eigenvalue weighted by atomic mass is 10.0. The third-order valence-electron chi connectivity index (χ3n) is 3.85. The molecule has 0 unspecified atom stereocenters. The molecule has 1 aromatic carbocycles. The lowest BCUT2D eigenvalue weighted by Gasteiger charge is -2.19. The fourth-order valence-electron chi connectivity index (χ4n) is 2.48. The summed E-state index contributed by atoms with van der Waals surface area (Å²) in [6.45, 7) is 12.3. The molecule has 1 aromatic rings. The summed E-state index contributed by atoms with van der Waals surface area (Å²) in [7, 11) is -3.22. The van der Waals surface area contributed by atoms with Crippen molar-refractivity contribution in [3.05, 3.63) is 64.2 Å². The second kappa shape index (κ2) is 10.6. The predicted molar refractivity (Wildman–Crippen MR) is 114 cm³/mol. The zero-order chi connectivity index (χ0) is 21.5. The van der Waals surface area contributed by atoms with Crippen molar-refractivity contribution in [2.45, 2.75) is 20.3 Å². The first-order valence-electron chi connectivity index (χ1n) is 8.64. The molecule has 0 heterocycles. The highest BCUT2D eigenvalue weighted by atomic mass is 32.2. The quantitative estimate of drug-likeness (QED) is 0.413. The Labute approximate surface area is 170 Å². The third kappa shape index (κ3) is 6.96. The Hall–Kier alpha value is -1.84. The molecule has 0 amide bonds. The monoisotopic (exact) mass is 431 g/mol. The first kappa shape index (κ1) is 24.2. The van der Waals surface area contributed by atoms with E-state index in [0.717, 1.165) is 23.9 Å². The van der Waals surface area contributed by atoms with Crippen LogP contribution in [0.15, 0.2) is 47.0 Å². The van der Waals surface area contributed by atoms with Gasteiger partial charge in [-0.3, -0.25) is 0 Å². The standard InChI is InChI=1S/C19H27F2N3O2S2/c1-6-24(28(5,25)26)12-8-11-23-15(4)27-19(14(3)22)13(2)18-16(20)9-7-10-17(18)21/h7,9-10,23H,2,4,6,8,11-12,22H2,1,3,5H3/b19-14+. The Bertz CT molecular complexity index is 844. The lowest BCUT2D eigenvalue weighted by Crippen LogP contribution is -2.32. The van der Waals surface area contributed by atoms with Gasteiger partial charge >= 0.3 is 0 Å². The van der Waals surface area contributed by atoms with Gasteiger partial charge < -0.3 is 11.1 Å². The van der Waals surface area contributed by atoms with Crippen molar-refractivity contribution in [3.63, 3.8) is 0 Å². The van der Waals surface area contributed by atoms with Crippen LogP contribution < -0.4 is 11.1 Å². The van der Waals surface area contributed by atoms with E-state index in [9.17, 15) is 17.2 Å². The molecule has 1 rings (SSSR count). The van der Waals surface area contributed by atoms with Crippen molar-refractivity contribution in [1.82, 2.24) is 9.62 Å². The number of nitrogens with one attached hydrogen (secondary N) is 1. The predicted octanol–water partition coefficient (Wildman–Crippen LogP) is 3.63. The van der Waals surface area contributed by atoms with Gasteiger partial charge in [-0.05, 0) is 31.1 Å². The maximum atomic E-state index is 14.1. The zero-order valence-corrected chi connectivity index (χ0v) is 18.0. The molecule has 0 aliphatic carbocycles. The Morgan fingerprint density at radius 2 is 1.86 bits per heavy atom. The summed E-state index contributed by atoms with van der Waals surface area (Å²) in [4.78, 5) is 0.410. The molecule has 0 spiro atoms. The Morgan fingerprint density at radius 1 is 1.29 bits per heavy atom. The first-order valence-corrected chi connectivity index (χ1v) is 11.3. The van der Waals surface area contributed by atoms with Crippen LogP contribution in [0.5, 0.6) is 0 Å². The molecular weight excluding hydrogens is 404 g/mol. The molecule has 0 bridgehead atoms. The summed E-state index contributed by atoms with van der Waals surface area (Å²) in [6, 6.07) is 3.60. The highest BCUT2D eigenvalue weighted by Gasteiger charge is 2.18. The maximum absolute atomic E-state index is 14.1. The molecule has 28 heavy (non-hydrogen) atoms. The van der Waals surface area contributed by atoms with Crippen LogP contribution >= 0.6 is 11.8 Å². The number of allylic oxidation sites excluding steroid dienone is 2. The molecule has 0 aliphatic heterocycles. The fourth-order valence-corrected chi connectivity index (χ4v) is 4.22. The van der Waals surface area contributed by atoms with Crippen molar-refractivity contribution < 1.29 is 17.2 Å². The van der Waals surface area contributed by atoms with Crippen LogP contribution in [-0.2, 0) is 10.0 Å². The average molecular weight is 432 g/mol. The SMILES string of the molecule is C=C(NCCCN(CC)S(C)(=O)=O)S/C(C(=C)c1c(F)cccc1F)=C(\C)N. The number of sulfonamides is 1. The summed E-state index contributed by atoms with van der Waals surface area (Å²) >= 11 is 1.13. The minimum atomic E-state index is -3.22. The van der Waals surface area contributed by atoms with Gasteiger partial charge in [0.1, 0.15) is 11.6 Å². The van der Waals surface area contributed by atoms with Crippen LogP contribution in [0.25, 0.3) is 5.57 Å². The van der Waals surface area contributed by atoms with Gasteiger partial charge in [0.2, 0.25) is 10.0 Å². The van der Waals surface area contributed by atoms with E-state index in [0.29, 0.717) is 41.7 Å². The molecule has 0 saturated heterocycles. The Balaban J connectivity index is 2.72. The smallest absolute Gasteiger partial charge is 0.211 e. The van der Waals surface area contributed by atoms with Crippen LogP contribution in [0.1, 0.15) is 25.8 Å². The molecule has 156 valence electrons. The van der Waals surface area contributed by atoms with Crippen LogP contribution in [0, 0.1) is 11.6 Å². The van der Waals surface area contributed by atoms with E-state index in [4.69, 9.17) is 5.73 Å². The highest BCUT2D eigenvalue weighted by molar-refractivity contribution is 8.07. The second-order valence-electron chi connectivity index (χ2n) is 6.15. The van der Waals surface area contributed by atoms with Gasteiger partial charge in [0, 0.05) is 30.2 Å². The Kier molecular flexibility index (Phi) is 9.19. The normalized spacial score (nSPS) is 12.6. The molecule has 0 aliphatic rings. The van der Waals surface area contributed by atoms with Gasteiger partial charge in [0.15, 0.2) is 0 Å². The van der Waals surface area contributed by atoms with Gasteiger partial charge in [0.05, 0.1) is 16.8 Å². The van der Waals surface area contributed by atoms with E-state index in [1.807, 2.05) is 0 Å². The largest absolute Gasteiger partial charge is 0.401 e. The van der Waals surface area contributed by atoms with Crippen molar-refractivity contribution in [2.75, 3.05) is 25.9 Å². The van der Waals surface area contributed by atoms with E-state index < -0.39 is 21.7 Å². The minimum Gasteiger partial charge on any atom is -0.401 e. The van der Waals surface area contributed by atoms with Crippen molar-refractivity contribution in [1.29, 1.82) is 0 Å². The zero-order valence-electron chi connectivity index (χ0n) is 16.4. The summed E-state index contributed by atoms with van der Waals surface area (Å²) in [5.41, 5.74) is 6.16. The van der Waals surface area contributed by atoms with E-state index in [1.165, 1.54) is 16.6 Å². The number of nitrogens with two attached hydrogens (primary N) is 1. The first-order chi connectivity index (χ1) is 13.0. The lowest BCUT2D eigenvalue weighted by molar-refractivity contribution is 0.423. The van der Waals surface area contributed by atoms with Gasteiger partial charge in [-0.2, -0.15) is 0 Å². The topological polar surface area (TPSA) is 75.4 Å². The van der Waals surface area contributed by atoms with Crippen LogP contribution in [0.2, 0.25) is 0 Å². The number of nitrogens with zero attached hydrogens (tertiary/aromatic N) is 1. The number of rotatable bonds is 11. The minimum absolute atomic E-state index is 0.137. The summed E-state index contributed by atoms with van der Waals surface area (Å²) in [5, 5.41) is 3.58. The van der Waals surface area contributed by atoms with Crippen LogP contribution in [0.3, 0.4) is 0 Å². The number of benzene rings is 1. The molecule has 0 atom stereocenters. The van der Waals surface area contributed by atoms with E-state index in [1.54, 1.807) is 13.8 Å². The molecule has 0 fully saturated rings. The van der Waals surface area contributed by atoms with Crippen LogP contribution in [-0.4, -0.2) is 38.6 Å². The molecule has 9 heteroatoms. The molecular formula is C19H27F2N3O2S2. The number of thioether (sulfide) groups is 1. The van der Waals surface area contributed by atoms with Gasteiger partial charge in [0.25, 0.3) is 0 Å². The molecule has 0 radical (unpaired) electrons. The van der Waals surface area contributed by atoms with Crippen molar-refractivity contribution in [2.24, 2.45) is 5.73 Å². The van der Waals surface area contributed by atoms with E-state index >= 15 is 0 Å². The molecule has 3 N–H and O–H groups in total. The Morgan fingerprint density at radius 3 is 2.32 bits per heavy atom. The fraction of sp³-hybridized carbons (Fsp3) is 0.368. The number of hydrogen-bond donors (Lipinski definition) is 2. The maximum Gasteiger partial charge on any atom is 0.211 e. The average Bonchev–Trinajstić information content (AvgIpc) is 2.57. The third-order valence-corrected chi connectivity index (χ3v) is 6.39. The van der Waals surface area contributed by atoms with Crippen molar-refractivity contribution in [3.8, 4) is 0 Å². The van der Waals surface area contributed by atoms with Gasteiger partial charge in [-0.15, -0.1) is 0 Å². The summed E-state index contributed by atoms with van der Waals surface area (Å²) in [6.07, 6.45) is 1.75. The van der Waals surface area contributed by atoms with E-state index in [-0.39, 0.29) is 11.1 Å². The van der Waals surface area contributed by atoms with Gasteiger partial charge in [-0.1, -0.05) is 37.9 Å². The van der Waals surface area contributed by atoms with Gasteiger partial charge in [-0.25, -0.2) is 21.5 Å². The molecule has 0 aromatic heterocycles. The van der Waals surface area contributed by atoms with E-state index in [2.05, 4.69) is 18.5 Å². The highest BCUT2D eigenvalue weighted by Crippen LogP contribution is 2.37. The second-order valence-corrected chi connectivity index (χ2v) is 9.24. The number of hydrogen-bond acceptors (Lipinski definition) is 5. The molecule has 5 nitrogen and oxygen atoms in total.